The third-order valence-electron chi connectivity index (χ3n) is 8.84. The molecule has 2 atom stereocenters. The van der Waals surface area contributed by atoms with Crippen LogP contribution in [0, 0.1) is 17.1 Å². The molecule has 266 valence electrons. The van der Waals surface area contributed by atoms with Crippen LogP contribution < -0.4 is 14.4 Å². The molecular weight excluding hydrogens is 697 g/mol. The van der Waals surface area contributed by atoms with Crippen molar-refractivity contribution in [3.63, 3.8) is 0 Å². The van der Waals surface area contributed by atoms with Crippen LogP contribution in [-0.2, 0) is 4.79 Å². The van der Waals surface area contributed by atoms with Gasteiger partial charge in [0.15, 0.2) is 11.6 Å². The molecule has 10 nitrogen and oxygen atoms in total. The summed E-state index contributed by atoms with van der Waals surface area (Å²) in [5, 5.41) is 9.88. The van der Waals surface area contributed by atoms with Gasteiger partial charge in [-0.1, -0.05) is 23.7 Å². The topological polar surface area (TPSA) is 108 Å². The molecule has 4 aromatic rings. The number of nitriles is 1. The van der Waals surface area contributed by atoms with E-state index in [1.807, 2.05) is 13.1 Å². The number of benzene rings is 2. The molecule has 16 heteroatoms. The molecule has 0 unspecified atom stereocenters. The lowest BCUT2D eigenvalue weighted by Crippen LogP contribution is -2.55. The van der Waals surface area contributed by atoms with Gasteiger partial charge in [-0.15, -0.1) is 13.2 Å². The minimum absolute atomic E-state index is 0.00949. The number of aromatic nitrogens is 3. The number of likely N-dealkylation sites (N-methyl/N-ethyl adjacent to an activating group) is 1. The lowest BCUT2D eigenvalue weighted by Gasteiger charge is -2.41. The molecule has 2 fully saturated rings. The summed E-state index contributed by atoms with van der Waals surface area (Å²) < 4.78 is 81.7. The van der Waals surface area contributed by atoms with Crippen molar-refractivity contribution in [2.24, 2.45) is 0 Å². The van der Waals surface area contributed by atoms with Crippen molar-refractivity contribution in [1.82, 2.24) is 24.8 Å². The number of hydrogen-bond donors (Lipinski definition) is 0. The van der Waals surface area contributed by atoms with Crippen molar-refractivity contribution < 1.29 is 36.2 Å². The Morgan fingerprint density at radius 2 is 1.92 bits per heavy atom. The van der Waals surface area contributed by atoms with Crippen molar-refractivity contribution >= 4 is 40.3 Å². The fraction of sp³-hybridized carbons (Fsp3) is 0.343. The summed E-state index contributed by atoms with van der Waals surface area (Å²) in [5.41, 5.74) is -0.511. The first-order valence-electron chi connectivity index (χ1n) is 16.0. The second-order valence-electron chi connectivity index (χ2n) is 12.1. The molecule has 4 heterocycles. The maximum atomic E-state index is 16.6. The number of hydrogen-bond acceptors (Lipinski definition) is 9. The average Bonchev–Trinajstić information content (AvgIpc) is 3.52. The van der Waals surface area contributed by atoms with Crippen LogP contribution in [-0.4, -0.2) is 88.9 Å². The Morgan fingerprint density at radius 3 is 2.63 bits per heavy atom. The molecular formula is C35H31ClF5N7O3. The van der Waals surface area contributed by atoms with E-state index in [0.29, 0.717) is 0 Å². The summed E-state index contributed by atoms with van der Waals surface area (Å²) in [6, 6.07) is 12.1. The number of carbonyl (C=O) groups excluding carboxylic acids is 1. The second-order valence-corrected chi connectivity index (χ2v) is 12.6. The summed E-state index contributed by atoms with van der Waals surface area (Å²) in [7, 11) is 1.95. The highest BCUT2D eigenvalue weighted by atomic mass is 35.5. The van der Waals surface area contributed by atoms with Gasteiger partial charge in [0.05, 0.1) is 24.2 Å². The van der Waals surface area contributed by atoms with Gasteiger partial charge in [0.25, 0.3) is 5.91 Å². The fourth-order valence-corrected chi connectivity index (χ4v) is 6.48. The van der Waals surface area contributed by atoms with Crippen molar-refractivity contribution in [2.75, 3.05) is 44.7 Å². The number of halogens is 6. The van der Waals surface area contributed by atoms with Gasteiger partial charge in [0, 0.05) is 59.5 Å². The normalized spacial score (nSPS) is 18.6. The van der Waals surface area contributed by atoms with Gasteiger partial charge < -0.3 is 24.2 Å². The second kappa shape index (κ2) is 15.0. The van der Waals surface area contributed by atoms with Gasteiger partial charge in [-0.3, -0.25) is 9.78 Å². The molecule has 0 N–H and O–H groups in total. The van der Waals surface area contributed by atoms with Crippen LogP contribution >= 0.6 is 11.6 Å². The van der Waals surface area contributed by atoms with Gasteiger partial charge in [-0.25, -0.2) is 8.78 Å². The average molecular weight is 728 g/mol. The molecule has 2 aromatic heterocycles. The smallest absolute Gasteiger partial charge is 0.462 e. The van der Waals surface area contributed by atoms with E-state index in [4.69, 9.17) is 16.3 Å². The Bertz CT molecular complexity index is 1990. The number of alkyl halides is 3. The first-order valence-corrected chi connectivity index (χ1v) is 16.4. The van der Waals surface area contributed by atoms with E-state index in [0.717, 1.165) is 37.6 Å². The van der Waals surface area contributed by atoms with Crippen LogP contribution in [0.25, 0.3) is 28.1 Å². The number of carbonyl (C=O) groups is 1. The predicted octanol–water partition coefficient (Wildman–Crippen LogP) is 6.80. The van der Waals surface area contributed by atoms with Crippen LogP contribution in [0.2, 0.25) is 5.02 Å². The third-order valence-corrected chi connectivity index (χ3v) is 9.07. The van der Waals surface area contributed by atoms with Crippen molar-refractivity contribution in [2.45, 2.75) is 37.7 Å². The molecule has 0 bridgehead atoms. The van der Waals surface area contributed by atoms with Gasteiger partial charge in [0.2, 0.25) is 0 Å². The zero-order valence-corrected chi connectivity index (χ0v) is 28.0. The maximum Gasteiger partial charge on any atom is 0.573 e. The van der Waals surface area contributed by atoms with E-state index in [2.05, 4.69) is 24.6 Å². The molecule has 51 heavy (non-hydrogen) atoms. The number of ether oxygens (including phenoxy) is 2. The van der Waals surface area contributed by atoms with Crippen LogP contribution in [0.3, 0.4) is 0 Å². The zero-order chi connectivity index (χ0) is 36.3. The number of rotatable bonds is 9. The minimum Gasteiger partial charge on any atom is -0.462 e. The van der Waals surface area contributed by atoms with Crippen molar-refractivity contribution in [3.05, 3.63) is 77.1 Å². The number of piperazine rings is 1. The van der Waals surface area contributed by atoms with Gasteiger partial charge >= 0.3 is 12.4 Å². The molecule has 0 radical (unpaired) electrons. The summed E-state index contributed by atoms with van der Waals surface area (Å²) in [4.78, 5) is 31.3. The first kappa shape index (κ1) is 35.7. The molecule has 6 rings (SSSR count). The lowest BCUT2D eigenvalue weighted by molar-refractivity contribution is -0.274. The predicted molar refractivity (Wildman–Crippen MR) is 179 cm³/mol. The molecule has 2 aliphatic heterocycles. The fourth-order valence-electron chi connectivity index (χ4n) is 6.31. The van der Waals surface area contributed by atoms with E-state index in [9.17, 15) is 23.2 Å². The van der Waals surface area contributed by atoms with E-state index < -0.39 is 35.7 Å². The summed E-state index contributed by atoms with van der Waals surface area (Å²) in [6.45, 7) is 1.20. The molecule has 2 aromatic carbocycles. The zero-order valence-electron chi connectivity index (χ0n) is 27.2. The molecule has 0 spiro atoms. The molecule has 2 aliphatic rings. The highest BCUT2D eigenvalue weighted by Gasteiger charge is 2.35. The number of nitrogens with zero attached hydrogens (tertiary/aromatic N) is 7. The molecule has 1 amide bonds. The number of likely N-dealkylation sites (tertiary alicyclic amines) is 1. The van der Waals surface area contributed by atoms with Gasteiger partial charge in [0.1, 0.15) is 23.7 Å². The van der Waals surface area contributed by atoms with E-state index in [-0.39, 0.29) is 83.3 Å². The Balaban J connectivity index is 1.38. The van der Waals surface area contributed by atoms with E-state index in [1.165, 1.54) is 29.3 Å². The van der Waals surface area contributed by atoms with Crippen molar-refractivity contribution in [3.8, 4) is 29.0 Å². The molecule has 0 aliphatic carbocycles. The number of amides is 1. The monoisotopic (exact) mass is 727 g/mol. The molecule has 0 saturated carbocycles. The van der Waals surface area contributed by atoms with Crippen LogP contribution in [0.15, 0.2) is 60.6 Å². The SMILES string of the molecule is CN1CCC[C@H]1COc1nc(N2CCN(C(=O)/C(F)=C/c3ccccn3)[C@@H](CC#N)C2)c2ccc(-c3cc(Cl)ccc3OC(F)(F)F)c(F)c2n1. The summed E-state index contributed by atoms with van der Waals surface area (Å²) in [5.74, 6) is -3.39. The summed E-state index contributed by atoms with van der Waals surface area (Å²) in [6.07, 6.45) is -0.882. The van der Waals surface area contributed by atoms with Crippen molar-refractivity contribution in [1.29, 1.82) is 5.26 Å². The van der Waals surface area contributed by atoms with Crippen LogP contribution in [0.5, 0.6) is 11.8 Å². The standard InChI is InChI=1S/C35H31ClF5N7O3/c1-46-14-4-6-24(46)20-50-34-44-31-26(9-8-25(30(31)38)27-17-21(36)7-10-29(27)51-35(39,40)41)32(45-34)47-15-16-48(23(19-47)11-12-42)33(49)28(37)18-22-5-2-3-13-43-22/h2-3,5,7-10,13,17-18,23-24H,4,6,11,14-16,19-20H2,1H3/b28-18-/t23-,24-/m0/s1. The van der Waals surface area contributed by atoms with E-state index in [1.54, 1.807) is 23.1 Å². The largest absolute Gasteiger partial charge is 0.573 e. The van der Waals surface area contributed by atoms with E-state index >= 15 is 8.78 Å². The number of anilines is 1. The Hall–Kier alpha value is -5.07. The maximum absolute atomic E-state index is 16.6. The first-order chi connectivity index (χ1) is 24.4. The minimum atomic E-state index is -5.06. The summed E-state index contributed by atoms with van der Waals surface area (Å²) >= 11 is 6.11. The Kier molecular flexibility index (Phi) is 10.5. The van der Waals surface area contributed by atoms with Gasteiger partial charge in [-0.05, 0) is 62.8 Å². The number of fused-ring (bicyclic) bond motifs is 1. The highest BCUT2D eigenvalue weighted by Crippen LogP contribution is 2.40. The number of pyridine rings is 1. The molecule has 2 saturated heterocycles. The van der Waals surface area contributed by atoms with Crippen LogP contribution in [0.4, 0.5) is 27.8 Å². The highest BCUT2D eigenvalue weighted by molar-refractivity contribution is 6.31. The quantitative estimate of drug-likeness (QED) is 0.136. The Morgan fingerprint density at radius 1 is 1.10 bits per heavy atom. The Labute approximate surface area is 294 Å². The third kappa shape index (κ3) is 8.13. The van der Waals surface area contributed by atoms with Crippen LogP contribution in [0.1, 0.15) is 25.0 Å². The van der Waals surface area contributed by atoms with Gasteiger partial charge in [-0.2, -0.15) is 15.2 Å². The lowest BCUT2D eigenvalue weighted by atomic mass is 10.0.